The zero-order chi connectivity index (χ0) is 13.8. The fraction of sp³-hybridized carbons (Fsp3) is 0.0714. The maximum absolute atomic E-state index is 12.8. The second kappa shape index (κ2) is 6.47. The van der Waals surface area contributed by atoms with Crippen LogP contribution < -0.4 is 5.32 Å². The monoisotopic (exact) mass is 433 g/mol. The van der Waals surface area contributed by atoms with E-state index in [4.69, 9.17) is 0 Å². The summed E-state index contributed by atoms with van der Waals surface area (Å²) >= 11 is 5.46. The molecule has 5 heteroatoms. The molecule has 0 fully saturated rings. The molecular weight excluding hydrogens is 424 g/mol. The smallest absolute Gasteiger partial charge is 0.252 e. The molecule has 0 aliphatic heterocycles. The van der Waals surface area contributed by atoms with Crippen LogP contribution in [0.15, 0.2) is 46.9 Å². The van der Waals surface area contributed by atoms with Crippen LogP contribution in [0.3, 0.4) is 0 Å². The SMILES string of the molecule is O=C(NCc1ccc(F)cc1)c1cc(Br)ccc1I. The Bertz CT molecular complexity index is 601. The van der Waals surface area contributed by atoms with Gasteiger partial charge >= 0.3 is 0 Å². The van der Waals surface area contributed by atoms with Crippen molar-refractivity contribution in [3.63, 3.8) is 0 Å². The lowest BCUT2D eigenvalue weighted by molar-refractivity contribution is 0.0950. The molecule has 2 aromatic rings. The van der Waals surface area contributed by atoms with Gasteiger partial charge in [0.2, 0.25) is 0 Å². The summed E-state index contributed by atoms with van der Waals surface area (Å²) < 4.78 is 14.5. The fourth-order valence-corrected chi connectivity index (χ4v) is 2.49. The van der Waals surface area contributed by atoms with Crippen LogP contribution in [-0.4, -0.2) is 5.91 Å². The molecule has 98 valence electrons. The molecular formula is C14H10BrFINO. The summed E-state index contributed by atoms with van der Waals surface area (Å²) in [4.78, 5) is 12.0. The molecule has 2 nitrogen and oxygen atoms in total. The number of rotatable bonds is 3. The molecule has 0 unspecified atom stereocenters. The number of hydrogen-bond acceptors (Lipinski definition) is 1. The highest BCUT2D eigenvalue weighted by atomic mass is 127. The third-order valence-corrected chi connectivity index (χ3v) is 3.97. The maximum atomic E-state index is 12.8. The van der Waals surface area contributed by atoms with Gasteiger partial charge in [-0.05, 0) is 58.5 Å². The second-order valence-electron chi connectivity index (χ2n) is 3.93. The highest BCUT2D eigenvalue weighted by molar-refractivity contribution is 14.1. The number of carbonyl (C=O) groups excluding carboxylic acids is 1. The van der Waals surface area contributed by atoms with Gasteiger partial charge in [-0.25, -0.2) is 4.39 Å². The van der Waals surface area contributed by atoms with E-state index in [9.17, 15) is 9.18 Å². The molecule has 0 atom stereocenters. The Morgan fingerprint density at radius 3 is 2.58 bits per heavy atom. The third kappa shape index (κ3) is 4.01. The minimum Gasteiger partial charge on any atom is -0.348 e. The molecule has 0 saturated carbocycles. The van der Waals surface area contributed by atoms with E-state index < -0.39 is 0 Å². The average molecular weight is 434 g/mol. The maximum Gasteiger partial charge on any atom is 0.252 e. The minimum absolute atomic E-state index is 0.143. The lowest BCUT2D eigenvalue weighted by Gasteiger charge is -2.07. The number of hydrogen-bond donors (Lipinski definition) is 1. The Balaban J connectivity index is 2.05. The number of halogens is 3. The van der Waals surface area contributed by atoms with Crippen molar-refractivity contribution < 1.29 is 9.18 Å². The van der Waals surface area contributed by atoms with Crippen molar-refractivity contribution in [3.8, 4) is 0 Å². The average Bonchev–Trinajstić information content (AvgIpc) is 2.40. The quantitative estimate of drug-likeness (QED) is 0.724. The number of benzene rings is 2. The molecule has 1 amide bonds. The topological polar surface area (TPSA) is 29.1 Å². The first-order valence-corrected chi connectivity index (χ1v) is 7.41. The first kappa shape index (κ1) is 14.5. The molecule has 0 saturated heterocycles. The van der Waals surface area contributed by atoms with E-state index in [1.54, 1.807) is 18.2 Å². The Morgan fingerprint density at radius 1 is 1.21 bits per heavy atom. The molecule has 0 radical (unpaired) electrons. The summed E-state index contributed by atoms with van der Waals surface area (Å²) in [6, 6.07) is 11.6. The molecule has 1 N–H and O–H groups in total. The zero-order valence-electron chi connectivity index (χ0n) is 9.79. The van der Waals surface area contributed by atoms with Gasteiger partial charge in [-0.3, -0.25) is 4.79 Å². The number of carbonyl (C=O) groups is 1. The van der Waals surface area contributed by atoms with E-state index >= 15 is 0 Å². The molecule has 0 aliphatic carbocycles. The molecule has 0 aliphatic rings. The summed E-state index contributed by atoms with van der Waals surface area (Å²) in [6.45, 7) is 0.377. The van der Waals surface area contributed by atoms with Gasteiger partial charge in [0, 0.05) is 14.6 Å². The second-order valence-corrected chi connectivity index (χ2v) is 6.01. The lowest BCUT2D eigenvalue weighted by atomic mass is 10.2. The largest absolute Gasteiger partial charge is 0.348 e. The van der Waals surface area contributed by atoms with Crippen molar-refractivity contribution in [3.05, 3.63) is 67.5 Å². The molecule has 2 rings (SSSR count). The predicted molar refractivity (Wildman–Crippen MR) is 84.4 cm³/mol. The van der Waals surface area contributed by atoms with Crippen LogP contribution in [0.2, 0.25) is 0 Å². The van der Waals surface area contributed by atoms with Gasteiger partial charge in [0.05, 0.1) is 5.56 Å². The fourth-order valence-electron chi connectivity index (χ4n) is 1.55. The van der Waals surface area contributed by atoms with Gasteiger partial charge in [-0.2, -0.15) is 0 Å². The summed E-state index contributed by atoms with van der Waals surface area (Å²) in [7, 11) is 0. The molecule has 0 spiro atoms. The molecule has 0 bridgehead atoms. The predicted octanol–water partition coefficient (Wildman–Crippen LogP) is 4.12. The summed E-state index contributed by atoms with van der Waals surface area (Å²) in [6.07, 6.45) is 0. The van der Waals surface area contributed by atoms with Gasteiger partial charge in [0.25, 0.3) is 5.91 Å². The van der Waals surface area contributed by atoms with Crippen molar-refractivity contribution in [2.75, 3.05) is 0 Å². The summed E-state index contributed by atoms with van der Waals surface area (Å²) in [5, 5.41) is 2.82. The van der Waals surface area contributed by atoms with Crippen LogP contribution in [0.25, 0.3) is 0 Å². The van der Waals surface area contributed by atoms with Crippen LogP contribution in [0.1, 0.15) is 15.9 Å². The van der Waals surface area contributed by atoms with E-state index in [0.717, 1.165) is 13.6 Å². The summed E-state index contributed by atoms with van der Waals surface area (Å²) in [5.41, 5.74) is 1.48. The minimum atomic E-state index is -0.281. The van der Waals surface area contributed by atoms with Gasteiger partial charge in [-0.1, -0.05) is 28.1 Å². The van der Waals surface area contributed by atoms with Crippen molar-refractivity contribution in [1.29, 1.82) is 0 Å². The van der Waals surface area contributed by atoms with E-state index in [2.05, 4.69) is 43.8 Å². The van der Waals surface area contributed by atoms with Crippen LogP contribution in [0.4, 0.5) is 4.39 Å². The highest BCUT2D eigenvalue weighted by Crippen LogP contribution is 2.18. The molecule has 0 heterocycles. The van der Waals surface area contributed by atoms with E-state index in [0.29, 0.717) is 12.1 Å². The highest BCUT2D eigenvalue weighted by Gasteiger charge is 2.10. The van der Waals surface area contributed by atoms with Gasteiger partial charge < -0.3 is 5.32 Å². The van der Waals surface area contributed by atoms with Crippen molar-refractivity contribution >= 4 is 44.4 Å². The van der Waals surface area contributed by atoms with Crippen molar-refractivity contribution in [2.24, 2.45) is 0 Å². The third-order valence-electron chi connectivity index (χ3n) is 2.54. The normalized spacial score (nSPS) is 10.3. The lowest BCUT2D eigenvalue weighted by Crippen LogP contribution is -2.23. The number of amides is 1. The molecule has 2 aromatic carbocycles. The van der Waals surface area contributed by atoms with Crippen LogP contribution >= 0.6 is 38.5 Å². The summed E-state index contributed by atoms with van der Waals surface area (Å²) in [5.74, 6) is -0.424. The van der Waals surface area contributed by atoms with Gasteiger partial charge in [-0.15, -0.1) is 0 Å². The Hall–Kier alpha value is -0.950. The molecule has 19 heavy (non-hydrogen) atoms. The Morgan fingerprint density at radius 2 is 1.89 bits per heavy atom. The van der Waals surface area contributed by atoms with Crippen molar-refractivity contribution in [1.82, 2.24) is 5.32 Å². The Kier molecular flexibility index (Phi) is 4.93. The first-order valence-electron chi connectivity index (χ1n) is 5.54. The zero-order valence-corrected chi connectivity index (χ0v) is 13.5. The number of nitrogens with one attached hydrogen (secondary N) is 1. The van der Waals surface area contributed by atoms with Gasteiger partial charge in [0.1, 0.15) is 5.82 Å². The van der Waals surface area contributed by atoms with Crippen molar-refractivity contribution in [2.45, 2.75) is 6.54 Å². The van der Waals surface area contributed by atoms with Crippen LogP contribution in [-0.2, 0) is 6.54 Å². The van der Waals surface area contributed by atoms with E-state index in [1.165, 1.54) is 12.1 Å². The molecule has 0 aromatic heterocycles. The van der Waals surface area contributed by atoms with Crippen LogP contribution in [0.5, 0.6) is 0 Å². The van der Waals surface area contributed by atoms with Gasteiger partial charge in [0.15, 0.2) is 0 Å². The Labute approximate surface area is 132 Å². The van der Waals surface area contributed by atoms with E-state index in [-0.39, 0.29) is 11.7 Å². The van der Waals surface area contributed by atoms with E-state index in [1.807, 2.05) is 12.1 Å². The standard InChI is InChI=1S/C14H10BrFINO/c15-10-3-6-13(17)12(7-10)14(19)18-8-9-1-4-11(16)5-2-9/h1-7H,8H2,(H,18,19). The van der Waals surface area contributed by atoms with Crippen LogP contribution in [0, 0.1) is 9.39 Å². The first-order chi connectivity index (χ1) is 9.06.